The lowest BCUT2D eigenvalue weighted by atomic mass is 9.82. The van der Waals surface area contributed by atoms with Crippen LogP contribution < -0.4 is 10.6 Å². The first-order valence-electron chi connectivity index (χ1n) is 9.60. The molecule has 28 heavy (non-hydrogen) atoms. The molecule has 0 saturated carbocycles. The van der Waals surface area contributed by atoms with E-state index in [1.165, 1.54) is 5.56 Å². The lowest BCUT2D eigenvalue weighted by Gasteiger charge is -2.40. The van der Waals surface area contributed by atoms with Crippen LogP contribution in [0.25, 0.3) is 0 Å². The van der Waals surface area contributed by atoms with E-state index in [1.54, 1.807) is 24.4 Å². The van der Waals surface area contributed by atoms with Crippen molar-refractivity contribution >= 4 is 11.6 Å². The van der Waals surface area contributed by atoms with Crippen molar-refractivity contribution in [3.63, 3.8) is 0 Å². The molecule has 5 nitrogen and oxygen atoms in total. The topological polar surface area (TPSA) is 72.1 Å². The van der Waals surface area contributed by atoms with Gasteiger partial charge in [0.15, 0.2) is 0 Å². The molecule has 2 N–H and O–H groups in total. The summed E-state index contributed by atoms with van der Waals surface area (Å²) in [4.78, 5) is 23.9. The Morgan fingerprint density at radius 2 is 1.79 bits per heavy atom. The third kappa shape index (κ3) is 3.53. The number of pyridine rings is 2. The number of carbonyl (C=O) groups is 1. The van der Waals surface area contributed by atoms with Gasteiger partial charge in [0.2, 0.25) is 5.78 Å². The Kier molecular flexibility index (Phi) is 4.92. The number of nitrogens with zero attached hydrogens (tertiary/aromatic N) is 3. The summed E-state index contributed by atoms with van der Waals surface area (Å²) in [6.07, 6.45) is 3.38. The molecule has 1 aromatic carbocycles. The Morgan fingerprint density at radius 1 is 1.04 bits per heavy atom. The number of benzene rings is 1. The van der Waals surface area contributed by atoms with E-state index in [9.17, 15) is 4.79 Å². The molecule has 3 heterocycles. The summed E-state index contributed by atoms with van der Waals surface area (Å²) in [6, 6.07) is 19.5. The first-order chi connectivity index (χ1) is 13.6. The predicted octanol–water partition coefficient (Wildman–Crippen LogP) is 4.21. The molecule has 0 radical (unpaired) electrons. The van der Waals surface area contributed by atoms with E-state index in [1.807, 2.05) is 37.3 Å². The first-order valence-corrected chi connectivity index (χ1v) is 9.60. The highest BCUT2D eigenvalue weighted by molar-refractivity contribution is 6.08. The van der Waals surface area contributed by atoms with Gasteiger partial charge in [-0.1, -0.05) is 36.4 Å². The summed E-state index contributed by atoms with van der Waals surface area (Å²) in [5, 5.41) is 0. The van der Waals surface area contributed by atoms with Crippen LogP contribution >= 0.6 is 0 Å². The second-order valence-electron chi connectivity index (χ2n) is 7.36. The van der Waals surface area contributed by atoms with Gasteiger partial charge in [-0.15, -0.1) is 0 Å². The quantitative estimate of drug-likeness (QED) is 0.689. The minimum atomic E-state index is -0.308. The zero-order valence-electron chi connectivity index (χ0n) is 16.0. The van der Waals surface area contributed by atoms with Crippen molar-refractivity contribution in [2.75, 3.05) is 18.0 Å². The normalized spacial score (nSPS) is 16.0. The molecular weight excluding hydrogens is 348 g/mol. The van der Waals surface area contributed by atoms with Crippen molar-refractivity contribution in [3.05, 3.63) is 89.4 Å². The second kappa shape index (κ2) is 7.52. The molecule has 0 spiro atoms. The maximum atomic E-state index is 12.8. The molecule has 0 atom stereocenters. The summed E-state index contributed by atoms with van der Waals surface area (Å²) in [7, 11) is 0. The van der Waals surface area contributed by atoms with Crippen molar-refractivity contribution in [2.24, 2.45) is 5.73 Å². The third-order valence-electron chi connectivity index (χ3n) is 5.55. The van der Waals surface area contributed by atoms with Crippen LogP contribution in [0.1, 0.15) is 44.4 Å². The van der Waals surface area contributed by atoms with Crippen LogP contribution in [0.15, 0.2) is 66.9 Å². The van der Waals surface area contributed by atoms with Crippen LogP contribution in [-0.2, 0) is 5.54 Å². The SMILES string of the molecule is Cc1ncccc1C(=O)c1cccc(N2CCC(N)(c3ccccc3)CC2)n1.[HH].[HH].[HH]. The maximum Gasteiger partial charge on any atom is 0.213 e. The zero-order valence-corrected chi connectivity index (χ0v) is 16.0. The van der Waals surface area contributed by atoms with Gasteiger partial charge in [-0.05, 0) is 49.6 Å². The summed E-state index contributed by atoms with van der Waals surface area (Å²) in [5.74, 6) is 0.726. The number of hydrogen-bond acceptors (Lipinski definition) is 5. The summed E-state index contributed by atoms with van der Waals surface area (Å²) in [6.45, 7) is 3.45. The lowest BCUT2D eigenvalue weighted by Crippen LogP contribution is -2.48. The molecule has 0 unspecified atom stereocenters. The van der Waals surface area contributed by atoms with Crippen molar-refractivity contribution in [1.29, 1.82) is 0 Å². The van der Waals surface area contributed by atoms with Gasteiger partial charge in [-0.3, -0.25) is 9.78 Å². The van der Waals surface area contributed by atoms with Gasteiger partial charge in [0.05, 0.1) is 0 Å². The molecule has 148 valence electrons. The average molecular weight is 379 g/mol. The lowest BCUT2D eigenvalue weighted by molar-refractivity contribution is 0.103. The van der Waals surface area contributed by atoms with E-state index < -0.39 is 0 Å². The van der Waals surface area contributed by atoms with E-state index in [-0.39, 0.29) is 15.6 Å². The Labute approximate surface area is 169 Å². The second-order valence-corrected chi connectivity index (χ2v) is 7.36. The number of ketones is 1. The largest absolute Gasteiger partial charge is 0.356 e. The summed E-state index contributed by atoms with van der Waals surface area (Å²) < 4.78 is 0. The molecule has 1 fully saturated rings. The van der Waals surface area contributed by atoms with Gasteiger partial charge in [0.1, 0.15) is 11.5 Å². The Hall–Kier alpha value is -3.05. The van der Waals surface area contributed by atoms with Crippen LogP contribution in [0.2, 0.25) is 0 Å². The monoisotopic (exact) mass is 378 g/mol. The number of rotatable bonds is 4. The molecule has 0 bridgehead atoms. The van der Waals surface area contributed by atoms with E-state index in [0.717, 1.165) is 31.7 Å². The molecule has 1 aliphatic rings. The smallest absolute Gasteiger partial charge is 0.213 e. The number of aryl methyl sites for hydroxylation is 1. The van der Waals surface area contributed by atoms with Crippen molar-refractivity contribution < 1.29 is 9.07 Å². The number of carbonyl (C=O) groups excluding carboxylic acids is 1. The van der Waals surface area contributed by atoms with Gasteiger partial charge in [-0.25, -0.2) is 4.98 Å². The molecular formula is C23H30N4O. The molecule has 3 aromatic rings. The van der Waals surface area contributed by atoms with Crippen LogP contribution in [-0.4, -0.2) is 28.8 Å². The predicted molar refractivity (Wildman–Crippen MR) is 117 cm³/mol. The minimum absolute atomic E-state index is 0. The minimum Gasteiger partial charge on any atom is -0.356 e. The highest BCUT2D eigenvalue weighted by Gasteiger charge is 2.32. The van der Waals surface area contributed by atoms with E-state index in [0.29, 0.717) is 17.0 Å². The first kappa shape index (κ1) is 18.3. The summed E-state index contributed by atoms with van der Waals surface area (Å²) >= 11 is 0. The van der Waals surface area contributed by atoms with Gasteiger partial charge in [0.25, 0.3) is 0 Å². The number of hydrogen-bond donors (Lipinski definition) is 1. The molecule has 2 aromatic heterocycles. The van der Waals surface area contributed by atoms with Gasteiger partial charge < -0.3 is 10.6 Å². The highest BCUT2D eigenvalue weighted by Crippen LogP contribution is 2.31. The average Bonchev–Trinajstić information content (AvgIpc) is 2.75. The number of anilines is 1. The Balaban J connectivity index is 0.00000160. The molecule has 5 heteroatoms. The van der Waals surface area contributed by atoms with Crippen molar-refractivity contribution in [2.45, 2.75) is 25.3 Å². The standard InChI is InChI=1S/C23H24N4O.3H2/c1-17-19(9-6-14-25-17)22(28)20-10-5-11-21(26-20)27-15-12-23(24,13-16-27)18-7-3-2-4-8-18;;;/h2-11,14H,12-13,15-16,24H2,1H3;3*1H. The fourth-order valence-electron chi connectivity index (χ4n) is 3.78. The third-order valence-corrected chi connectivity index (χ3v) is 5.55. The highest BCUT2D eigenvalue weighted by atomic mass is 16.1. The van der Waals surface area contributed by atoms with Crippen molar-refractivity contribution in [1.82, 2.24) is 9.97 Å². The van der Waals surface area contributed by atoms with E-state index in [2.05, 4.69) is 27.0 Å². The summed E-state index contributed by atoms with van der Waals surface area (Å²) in [5.41, 5.74) is 9.31. The van der Waals surface area contributed by atoms with Crippen molar-refractivity contribution in [3.8, 4) is 0 Å². The molecule has 0 amide bonds. The fraction of sp³-hybridized carbons (Fsp3) is 0.261. The Bertz CT molecular complexity index is 993. The van der Waals surface area contributed by atoms with Crippen LogP contribution in [0, 0.1) is 6.92 Å². The van der Waals surface area contributed by atoms with Crippen LogP contribution in [0.5, 0.6) is 0 Å². The van der Waals surface area contributed by atoms with Crippen LogP contribution in [0.4, 0.5) is 5.82 Å². The van der Waals surface area contributed by atoms with E-state index in [4.69, 9.17) is 5.73 Å². The number of nitrogens with two attached hydrogens (primary N) is 1. The van der Waals surface area contributed by atoms with Gasteiger partial charge >= 0.3 is 0 Å². The molecule has 1 aliphatic heterocycles. The number of aromatic nitrogens is 2. The van der Waals surface area contributed by atoms with E-state index >= 15 is 0 Å². The van der Waals surface area contributed by atoms with Gasteiger partial charge in [0, 0.05) is 40.4 Å². The maximum absolute atomic E-state index is 12.8. The zero-order chi connectivity index (χ0) is 19.6. The van der Waals surface area contributed by atoms with Gasteiger partial charge in [-0.2, -0.15) is 0 Å². The fourth-order valence-corrected chi connectivity index (χ4v) is 3.78. The molecule has 1 saturated heterocycles. The molecule has 4 rings (SSSR count). The Morgan fingerprint density at radius 3 is 2.50 bits per heavy atom. The molecule has 0 aliphatic carbocycles. The van der Waals surface area contributed by atoms with Crippen LogP contribution in [0.3, 0.4) is 0 Å². The number of piperidine rings is 1.